The number of anilines is 1. The summed E-state index contributed by atoms with van der Waals surface area (Å²) < 4.78 is 1.10. The van der Waals surface area contributed by atoms with E-state index in [9.17, 15) is 9.59 Å². The summed E-state index contributed by atoms with van der Waals surface area (Å²) in [5.74, 6) is -0.0558. The Hall–Kier alpha value is -2.66. The fourth-order valence-electron chi connectivity index (χ4n) is 3.09. The standard InChI is InChI=1S/C20H18N2O2S/c23-19(18-13-15-5-1-2-6-17(15)25-18)21-16-9-7-14(8-10-16)20(24)22-11-3-4-12-22/h1-2,5-10,13H,3-4,11-12H2,(H,21,23). The molecule has 0 radical (unpaired) electrons. The molecule has 126 valence electrons. The zero-order chi connectivity index (χ0) is 17.2. The van der Waals surface area contributed by atoms with Crippen LogP contribution in [0.3, 0.4) is 0 Å². The van der Waals surface area contributed by atoms with Gasteiger partial charge in [-0.05, 0) is 54.6 Å². The molecule has 1 aliphatic rings. The maximum Gasteiger partial charge on any atom is 0.265 e. The first kappa shape index (κ1) is 15.8. The Morgan fingerprint density at radius 2 is 1.68 bits per heavy atom. The SMILES string of the molecule is O=C(Nc1ccc(C(=O)N2CCCC2)cc1)c1cc2ccccc2s1. The van der Waals surface area contributed by atoms with Crippen LogP contribution in [-0.2, 0) is 0 Å². The largest absolute Gasteiger partial charge is 0.339 e. The average Bonchev–Trinajstić information content (AvgIpc) is 3.31. The molecule has 3 aromatic rings. The number of nitrogens with zero attached hydrogens (tertiary/aromatic N) is 1. The zero-order valence-corrected chi connectivity index (χ0v) is 14.5. The Kier molecular flexibility index (Phi) is 4.24. The van der Waals surface area contributed by atoms with Crippen LogP contribution in [0.25, 0.3) is 10.1 Å². The summed E-state index contributed by atoms with van der Waals surface area (Å²) in [4.78, 5) is 27.3. The van der Waals surface area contributed by atoms with Gasteiger partial charge in [0.2, 0.25) is 0 Å². The zero-order valence-electron chi connectivity index (χ0n) is 13.7. The normalized spacial score (nSPS) is 14.0. The molecule has 4 rings (SSSR count). The van der Waals surface area contributed by atoms with Gasteiger partial charge < -0.3 is 10.2 Å². The molecular weight excluding hydrogens is 332 g/mol. The highest BCUT2D eigenvalue weighted by atomic mass is 32.1. The lowest BCUT2D eigenvalue weighted by Crippen LogP contribution is -2.27. The average molecular weight is 350 g/mol. The molecule has 0 aliphatic carbocycles. The number of likely N-dealkylation sites (tertiary alicyclic amines) is 1. The molecule has 5 heteroatoms. The predicted octanol–water partition coefficient (Wildman–Crippen LogP) is 4.39. The summed E-state index contributed by atoms with van der Waals surface area (Å²) in [5, 5.41) is 3.97. The van der Waals surface area contributed by atoms with E-state index in [2.05, 4.69) is 5.32 Å². The molecule has 0 saturated carbocycles. The molecule has 0 atom stereocenters. The molecule has 25 heavy (non-hydrogen) atoms. The van der Waals surface area contributed by atoms with Crippen molar-refractivity contribution >= 4 is 38.9 Å². The highest BCUT2D eigenvalue weighted by Crippen LogP contribution is 2.26. The number of hydrogen-bond donors (Lipinski definition) is 1. The monoisotopic (exact) mass is 350 g/mol. The summed E-state index contributed by atoms with van der Waals surface area (Å²) in [7, 11) is 0. The molecule has 1 saturated heterocycles. The number of fused-ring (bicyclic) bond motifs is 1. The molecule has 0 unspecified atom stereocenters. The van der Waals surface area contributed by atoms with Crippen LogP contribution in [-0.4, -0.2) is 29.8 Å². The van der Waals surface area contributed by atoms with Gasteiger partial charge >= 0.3 is 0 Å². The van der Waals surface area contributed by atoms with Crippen LogP contribution in [0.15, 0.2) is 54.6 Å². The molecule has 2 aromatic carbocycles. The molecule has 1 aliphatic heterocycles. The van der Waals surface area contributed by atoms with Crippen molar-refractivity contribution in [3.8, 4) is 0 Å². The third-order valence-corrected chi connectivity index (χ3v) is 5.55. The van der Waals surface area contributed by atoms with Crippen LogP contribution >= 0.6 is 11.3 Å². The van der Waals surface area contributed by atoms with Gasteiger partial charge in [-0.3, -0.25) is 9.59 Å². The summed E-state index contributed by atoms with van der Waals surface area (Å²) >= 11 is 1.48. The maximum absolute atomic E-state index is 12.4. The van der Waals surface area contributed by atoms with E-state index in [0.717, 1.165) is 36.0 Å². The van der Waals surface area contributed by atoms with Crippen LogP contribution < -0.4 is 5.32 Å². The number of hydrogen-bond acceptors (Lipinski definition) is 3. The Bertz CT molecular complexity index is 891. The number of amides is 2. The highest BCUT2D eigenvalue weighted by Gasteiger charge is 2.19. The van der Waals surface area contributed by atoms with Crippen molar-refractivity contribution in [3.63, 3.8) is 0 Å². The molecule has 4 nitrogen and oxygen atoms in total. The third kappa shape index (κ3) is 3.28. The first-order chi connectivity index (χ1) is 12.2. The second kappa shape index (κ2) is 6.69. The van der Waals surface area contributed by atoms with Crippen molar-refractivity contribution in [2.75, 3.05) is 18.4 Å². The summed E-state index contributed by atoms with van der Waals surface area (Å²) in [6, 6.07) is 17.0. The van der Waals surface area contributed by atoms with Crippen molar-refractivity contribution in [2.24, 2.45) is 0 Å². The highest BCUT2D eigenvalue weighted by molar-refractivity contribution is 7.20. The van der Waals surface area contributed by atoms with Crippen LogP contribution in [0.4, 0.5) is 5.69 Å². The number of thiophene rings is 1. The Balaban J connectivity index is 1.46. The van der Waals surface area contributed by atoms with Crippen LogP contribution in [0.1, 0.15) is 32.9 Å². The lowest BCUT2D eigenvalue weighted by molar-refractivity contribution is 0.0792. The minimum Gasteiger partial charge on any atom is -0.339 e. The van der Waals surface area contributed by atoms with Gasteiger partial charge in [-0.25, -0.2) is 0 Å². The summed E-state index contributed by atoms with van der Waals surface area (Å²) in [6.45, 7) is 1.67. The van der Waals surface area contributed by atoms with Crippen LogP contribution in [0, 0.1) is 0 Å². The molecule has 2 amide bonds. The quantitative estimate of drug-likeness (QED) is 0.761. The number of rotatable bonds is 3. The molecule has 1 fully saturated rings. The van der Waals surface area contributed by atoms with E-state index >= 15 is 0 Å². The number of carbonyl (C=O) groups is 2. The first-order valence-corrected chi connectivity index (χ1v) is 9.22. The molecular formula is C20H18N2O2S. The smallest absolute Gasteiger partial charge is 0.265 e. The Morgan fingerprint density at radius 1 is 0.960 bits per heavy atom. The second-order valence-electron chi connectivity index (χ2n) is 6.18. The van der Waals surface area contributed by atoms with E-state index in [1.54, 1.807) is 24.3 Å². The van der Waals surface area contributed by atoms with Crippen molar-refractivity contribution < 1.29 is 9.59 Å². The minimum atomic E-state index is -0.125. The fraction of sp³-hybridized carbons (Fsp3) is 0.200. The van der Waals surface area contributed by atoms with E-state index in [4.69, 9.17) is 0 Å². The molecule has 2 heterocycles. The summed E-state index contributed by atoms with van der Waals surface area (Å²) in [5.41, 5.74) is 1.36. The van der Waals surface area contributed by atoms with E-state index in [1.165, 1.54) is 11.3 Å². The van der Waals surface area contributed by atoms with Crippen molar-refractivity contribution in [1.82, 2.24) is 4.90 Å². The maximum atomic E-state index is 12.4. The van der Waals surface area contributed by atoms with Gasteiger partial charge in [-0.2, -0.15) is 0 Å². The van der Waals surface area contributed by atoms with Crippen LogP contribution in [0.5, 0.6) is 0 Å². The van der Waals surface area contributed by atoms with Crippen molar-refractivity contribution in [2.45, 2.75) is 12.8 Å². The van der Waals surface area contributed by atoms with Gasteiger partial charge in [0.05, 0.1) is 4.88 Å². The van der Waals surface area contributed by atoms with Gasteiger partial charge in [0.15, 0.2) is 0 Å². The Morgan fingerprint density at radius 3 is 2.40 bits per heavy atom. The molecule has 1 N–H and O–H groups in total. The van der Waals surface area contributed by atoms with Gasteiger partial charge in [0.1, 0.15) is 0 Å². The topological polar surface area (TPSA) is 49.4 Å². The lowest BCUT2D eigenvalue weighted by Gasteiger charge is -2.15. The molecule has 0 spiro atoms. The second-order valence-corrected chi connectivity index (χ2v) is 7.26. The van der Waals surface area contributed by atoms with Gasteiger partial charge in [-0.1, -0.05) is 18.2 Å². The first-order valence-electron chi connectivity index (χ1n) is 8.40. The summed E-state index contributed by atoms with van der Waals surface area (Å²) in [6.07, 6.45) is 2.16. The number of nitrogens with one attached hydrogen (secondary N) is 1. The van der Waals surface area contributed by atoms with E-state index in [0.29, 0.717) is 16.1 Å². The fourth-order valence-corrected chi connectivity index (χ4v) is 4.04. The Labute approximate surface area is 150 Å². The van der Waals surface area contributed by atoms with Crippen LogP contribution in [0.2, 0.25) is 0 Å². The van der Waals surface area contributed by atoms with Crippen molar-refractivity contribution in [1.29, 1.82) is 0 Å². The molecule has 1 aromatic heterocycles. The van der Waals surface area contributed by atoms with Gasteiger partial charge in [0.25, 0.3) is 11.8 Å². The lowest BCUT2D eigenvalue weighted by atomic mass is 10.2. The molecule has 0 bridgehead atoms. The van der Waals surface area contributed by atoms with Gasteiger partial charge in [0, 0.05) is 29.0 Å². The van der Waals surface area contributed by atoms with E-state index in [-0.39, 0.29) is 11.8 Å². The number of benzene rings is 2. The third-order valence-electron chi connectivity index (χ3n) is 4.43. The van der Waals surface area contributed by atoms with Gasteiger partial charge in [-0.15, -0.1) is 11.3 Å². The number of carbonyl (C=O) groups excluding carboxylic acids is 2. The minimum absolute atomic E-state index is 0.0693. The van der Waals surface area contributed by atoms with E-state index < -0.39 is 0 Å². The van der Waals surface area contributed by atoms with E-state index in [1.807, 2.05) is 35.2 Å². The van der Waals surface area contributed by atoms with Crippen molar-refractivity contribution in [3.05, 3.63) is 65.0 Å². The predicted molar refractivity (Wildman–Crippen MR) is 101 cm³/mol.